The van der Waals surface area contributed by atoms with Gasteiger partial charge in [-0.15, -0.1) is 0 Å². The van der Waals surface area contributed by atoms with E-state index in [2.05, 4.69) is 59.5 Å². The molecule has 1 atom stereocenters. The maximum atomic E-state index is 10.6. The third-order valence-electron chi connectivity index (χ3n) is 5.63. The molecule has 1 unspecified atom stereocenters. The molecule has 1 fully saturated rings. The zero-order valence-corrected chi connectivity index (χ0v) is 19.4. The van der Waals surface area contributed by atoms with Gasteiger partial charge < -0.3 is 20.6 Å². The zero-order chi connectivity index (χ0) is 22.3. The zero-order valence-electron chi connectivity index (χ0n) is 19.4. The predicted molar refractivity (Wildman–Crippen MR) is 129 cm³/mol. The highest BCUT2D eigenvalue weighted by molar-refractivity contribution is 5.79. The Bertz CT molecular complexity index is 851. The fourth-order valence-electron chi connectivity index (χ4n) is 3.71. The number of pyridine rings is 1. The molecule has 1 saturated heterocycles. The van der Waals surface area contributed by atoms with E-state index in [4.69, 9.17) is 4.99 Å². The van der Waals surface area contributed by atoms with Crippen LogP contribution in [-0.4, -0.2) is 42.2 Å². The standard InChI is InChI=1S/C25H37N5O/c1-5-26-24(28-17-19-12-13-27-23(16-19)30-14-6-7-15-30)29-18-22(31)20-8-10-21(11-9-20)25(2,3)4/h8-13,16,22,31H,5-7,14-15,17-18H2,1-4H3,(H2,26,28,29). The molecule has 31 heavy (non-hydrogen) atoms. The predicted octanol–water partition coefficient (Wildman–Crippen LogP) is 3.77. The Labute approximate surface area is 186 Å². The Morgan fingerprint density at radius 2 is 1.84 bits per heavy atom. The van der Waals surface area contributed by atoms with E-state index in [0.29, 0.717) is 19.0 Å². The lowest BCUT2D eigenvalue weighted by atomic mass is 9.86. The van der Waals surface area contributed by atoms with Crippen molar-refractivity contribution in [1.29, 1.82) is 0 Å². The van der Waals surface area contributed by atoms with Crippen LogP contribution >= 0.6 is 0 Å². The van der Waals surface area contributed by atoms with Crippen LogP contribution in [0.2, 0.25) is 0 Å². The third-order valence-corrected chi connectivity index (χ3v) is 5.63. The average Bonchev–Trinajstić information content (AvgIpc) is 3.30. The lowest BCUT2D eigenvalue weighted by Crippen LogP contribution is -2.39. The van der Waals surface area contributed by atoms with Crippen LogP contribution in [0.15, 0.2) is 47.6 Å². The number of hydrogen-bond donors (Lipinski definition) is 3. The summed E-state index contributed by atoms with van der Waals surface area (Å²) in [5.41, 5.74) is 3.40. The summed E-state index contributed by atoms with van der Waals surface area (Å²) < 4.78 is 0. The fraction of sp³-hybridized carbons (Fsp3) is 0.520. The second-order valence-corrected chi connectivity index (χ2v) is 9.18. The van der Waals surface area contributed by atoms with Crippen LogP contribution < -0.4 is 15.5 Å². The van der Waals surface area contributed by atoms with Gasteiger partial charge in [0.15, 0.2) is 5.96 Å². The maximum Gasteiger partial charge on any atom is 0.191 e. The highest BCUT2D eigenvalue weighted by atomic mass is 16.3. The van der Waals surface area contributed by atoms with Gasteiger partial charge in [-0.2, -0.15) is 0 Å². The molecule has 0 bridgehead atoms. The van der Waals surface area contributed by atoms with Gasteiger partial charge in [-0.1, -0.05) is 45.0 Å². The van der Waals surface area contributed by atoms with Crippen LogP contribution in [0.25, 0.3) is 0 Å². The van der Waals surface area contributed by atoms with E-state index in [1.54, 1.807) is 0 Å². The first kappa shape index (κ1) is 23.1. The van der Waals surface area contributed by atoms with Crippen molar-refractivity contribution in [1.82, 2.24) is 15.6 Å². The summed E-state index contributed by atoms with van der Waals surface area (Å²) in [5, 5.41) is 17.1. The van der Waals surface area contributed by atoms with Crippen molar-refractivity contribution < 1.29 is 5.11 Å². The number of benzene rings is 1. The van der Waals surface area contributed by atoms with Crippen LogP contribution in [-0.2, 0) is 12.0 Å². The van der Waals surface area contributed by atoms with E-state index in [0.717, 1.165) is 36.6 Å². The van der Waals surface area contributed by atoms with Gasteiger partial charge in [0.1, 0.15) is 5.82 Å². The number of aliphatic hydroxyl groups is 1. The SMILES string of the molecule is CCNC(=NCc1ccnc(N2CCCC2)c1)NCC(O)c1ccc(C(C)(C)C)cc1. The minimum atomic E-state index is -0.597. The molecule has 3 rings (SSSR count). The minimum absolute atomic E-state index is 0.105. The van der Waals surface area contributed by atoms with Gasteiger partial charge >= 0.3 is 0 Å². The number of aliphatic hydroxyl groups excluding tert-OH is 1. The van der Waals surface area contributed by atoms with Crippen molar-refractivity contribution in [2.75, 3.05) is 31.1 Å². The van der Waals surface area contributed by atoms with Crippen molar-refractivity contribution in [3.8, 4) is 0 Å². The summed E-state index contributed by atoms with van der Waals surface area (Å²) in [5.74, 6) is 1.74. The fourth-order valence-corrected chi connectivity index (χ4v) is 3.71. The maximum absolute atomic E-state index is 10.6. The van der Waals surface area contributed by atoms with Gasteiger partial charge in [0.2, 0.25) is 0 Å². The van der Waals surface area contributed by atoms with Crippen molar-refractivity contribution in [2.45, 2.75) is 58.6 Å². The molecule has 2 heterocycles. The van der Waals surface area contributed by atoms with Gasteiger partial charge in [-0.3, -0.25) is 0 Å². The highest BCUT2D eigenvalue weighted by Crippen LogP contribution is 2.24. The molecule has 0 spiro atoms. The first-order valence-corrected chi connectivity index (χ1v) is 11.4. The number of nitrogens with one attached hydrogen (secondary N) is 2. The third kappa shape index (κ3) is 6.69. The second-order valence-electron chi connectivity index (χ2n) is 9.18. The van der Waals surface area contributed by atoms with E-state index >= 15 is 0 Å². The Hall–Kier alpha value is -2.60. The Morgan fingerprint density at radius 3 is 2.48 bits per heavy atom. The molecule has 0 amide bonds. The average molecular weight is 424 g/mol. The molecule has 6 nitrogen and oxygen atoms in total. The highest BCUT2D eigenvalue weighted by Gasteiger charge is 2.15. The molecular weight excluding hydrogens is 386 g/mol. The molecule has 1 aliphatic rings. The van der Waals surface area contributed by atoms with Crippen LogP contribution in [0.3, 0.4) is 0 Å². The van der Waals surface area contributed by atoms with Gasteiger partial charge in [0.05, 0.1) is 12.6 Å². The molecule has 0 aliphatic carbocycles. The monoisotopic (exact) mass is 423 g/mol. The number of nitrogens with zero attached hydrogens (tertiary/aromatic N) is 3. The lowest BCUT2D eigenvalue weighted by molar-refractivity contribution is 0.181. The van der Waals surface area contributed by atoms with Crippen LogP contribution in [0.1, 0.15) is 63.3 Å². The van der Waals surface area contributed by atoms with Crippen LogP contribution in [0.4, 0.5) is 5.82 Å². The van der Waals surface area contributed by atoms with Crippen molar-refractivity contribution in [2.24, 2.45) is 4.99 Å². The topological polar surface area (TPSA) is 72.8 Å². The molecule has 3 N–H and O–H groups in total. The van der Waals surface area contributed by atoms with E-state index in [1.165, 1.54) is 18.4 Å². The summed E-state index contributed by atoms with van der Waals surface area (Å²) in [7, 11) is 0. The molecule has 0 saturated carbocycles. The summed E-state index contributed by atoms with van der Waals surface area (Å²) >= 11 is 0. The number of aliphatic imine (C=N–C) groups is 1. The van der Waals surface area contributed by atoms with Crippen molar-refractivity contribution in [3.05, 3.63) is 59.3 Å². The smallest absolute Gasteiger partial charge is 0.191 e. The van der Waals surface area contributed by atoms with Crippen LogP contribution in [0.5, 0.6) is 0 Å². The van der Waals surface area contributed by atoms with Crippen molar-refractivity contribution >= 4 is 11.8 Å². The summed E-state index contributed by atoms with van der Waals surface area (Å²) in [6, 6.07) is 12.3. The van der Waals surface area contributed by atoms with Crippen molar-refractivity contribution in [3.63, 3.8) is 0 Å². The van der Waals surface area contributed by atoms with Gasteiger partial charge in [-0.25, -0.2) is 9.98 Å². The van der Waals surface area contributed by atoms with Gasteiger partial charge in [0.25, 0.3) is 0 Å². The number of rotatable bonds is 7. The Balaban J connectivity index is 1.59. The number of anilines is 1. The molecule has 1 aliphatic heterocycles. The molecule has 1 aromatic carbocycles. The first-order chi connectivity index (χ1) is 14.9. The first-order valence-electron chi connectivity index (χ1n) is 11.4. The molecular formula is C25H37N5O. The van der Waals surface area contributed by atoms with E-state index < -0.39 is 6.10 Å². The number of aromatic nitrogens is 1. The summed E-state index contributed by atoms with van der Waals surface area (Å²) in [4.78, 5) is 11.5. The van der Waals surface area contributed by atoms with E-state index in [-0.39, 0.29) is 5.41 Å². The largest absolute Gasteiger partial charge is 0.387 e. The molecule has 0 radical (unpaired) electrons. The van der Waals surface area contributed by atoms with Gasteiger partial charge in [0, 0.05) is 32.4 Å². The molecule has 168 valence electrons. The Morgan fingerprint density at radius 1 is 1.13 bits per heavy atom. The number of guanidine groups is 1. The normalized spacial score (nSPS) is 15.8. The van der Waals surface area contributed by atoms with Gasteiger partial charge in [-0.05, 0) is 54.0 Å². The molecule has 6 heteroatoms. The van der Waals surface area contributed by atoms with Crippen LogP contribution in [0, 0.1) is 0 Å². The quantitative estimate of drug-likeness (QED) is 0.467. The summed E-state index contributed by atoms with van der Waals surface area (Å²) in [6.45, 7) is 12.5. The van der Waals surface area contributed by atoms with E-state index in [9.17, 15) is 5.11 Å². The molecule has 1 aromatic heterocycles. The minimum Gasteiger partial charge on any atom is -0.387 e. The Kier molecular flexibility index (Phi) is 7.91. The molecule has 2 aromatic rings. The number of hydrogen-bond acceptors (Lipinski definition) is 4. The summed E-state index contributed by atoms with van der Waals surface area (Å²) in [6.07, 6.45) is 3.74. The van der Waals surface area contributed by atoms with E-state index in [1.807, 2.05) is 31.3 Å². The second kappa shape index (κ2) is 10.6. The lowest BCUT2D eigenvalue weighted by Gasteiger charge is -2.20.